The molecule has 0 saturated carbocycles. The number of carbonyl (C=O) groups excluding carboxylic acids is 1. The summed E-state index contributed by atoms with van der Waals surface area (Å²) in [5.74, 6) is 0.465. The van der Waals surface area contributed by atoms with Gasteiger partial charge in [0.05, 0.1) is 24.8 Å². The molecule has 0 aliphatic rings. The van der Waals surface area contributed by atoms with Crippen molar-refractivity contribution < 1.29 is 22.7 Å². The molecule has 2 aromatic rings. The predicted molar refractivity (Wildman–Crippen MR) is 113 cm³/mol. The van der Waals surface area contributed by atoms with Gasteiger partial charge in [-0.25, -0.2) is 8.42 Å². The Morgan fingerprint density at radius 3 is 2.31 bits per heavy atom. The Morgan fingerprint density at radius 1 is 1.07 bits per heavy atom. The lowest BCUT2D eigenvalue weighted by molar-refractivity contribution is -0.120. The van der Waals surface area contributed by atoms with Crippen LogP contribution in [0.15, 0.2) is 53.4 Å². The molecule has 0 spiro atoms. The van der Waals surface area contributed by atoms with Crippen molar-refractivity contribution in [2.45, 2.75) is 37.6 Å². The number of nitrogens with zero attached hydrogens (tertiary/aromatic N) is 1. The predicted octanol–water partition coefficient (Wildman–Crippen LogP) is 3.20. The summed E-state index contributed by atoms with van der Waals surface area (Å²) in [7, 11) is -0.998. The van der Waals surface area contributed by atoms with E-state index < -0.39 is 10.0 Å². The molecule has 1 N–H and O–H groups in total. The minimum Gasteiger partial charge on any atom is -0.493 e. The number of nitrogens with one attached hydrogen (secondary N) is 1. The molecule has 0 aliphatic carbocycles. The van der Waals surface area contributed by atoms with Crippen LogP contribution in [-0.2, 0) is 14.8 Å². The third kappa shape index (κ3) is 5.63. The number of rotatable bonds is 10. The molecule has 7 nitrogen and oxygen atoms in total. The van der Waals surface area contributed by atoms with Crippen molar-refractivity contribution in [3.8, 4) is 11.5 Å². The van der Waals surface area contributed by atoms with Gasteiger partial charge in [0.15, 0.2) is 11.5 Å². The monoisotopic (exact) mass is 420 g/mol. The van der Waals surface area contributed by atoms with Crippen LogP contribution in [0.2, 0.25) is 0 Å². The summed E-state index contributed by atoms with van der Waals surface area (Å²) in [6.45, 7) is 3.58. The first kappa shape index (κ1) is 22.5. The average molecular weight is 421 g/mol. The van der Waals surface area contributed by atoms with E-state index in [0.29, 0.717) is 17.2 Å². The highest BCUT2D eigenvalue weighted by molar-refractivity contribution is 7.92. The zero-order valence-electron chi connectivity index (χ0n) is 17.2. The fraction of sp³-hybridized carbons (Fsp3) is 0.381. The van der Waals surface area contributed by atoms with E-state index in [2.05, 4.69) is 5.32 Å². The number of amides is 1. The first-order valence-electron chi connectivity index (χ1n) is 9.42. The second-order valence-electron chi connectivity index (χ2n) is 6.62. The molecule has 0 unspecified atom stereocenters. The van der Waals surface area contributed by atoms with Crippen LogP contribution >= 0.6 is 0 Å². The zero-order valence-corrected chi connectivity index (χ0v) is 18.0. The summed E-state index contributed by atoms with van der Waals surface area (Å²) in [5, 5.41) is 2.85. The van der Waals surface area contributed by atoms with Gasteiger partial charge in [0.2, 0.25) is 5.91 Å². The molecule has 29 heavy (non-hydrogen) atoms. The Morgan fingerprint density at radius 2 is 1.72 bits per heavy atom. The lowest BCUT2D eigenvalue weighted by atomic mass is 10.2. The Balaban J connectivity index is 2.45. The standard InChI is InChI=1S/C21H28N2O5S/c1-5-9-16(2)22-21(24)15-23(29(25,26)18-10-7-6-8-11-18)17-12-13-19(27-3)20(14-17)28-4/h6-8,10-14,16H,5,9,15H2,1-4H3,(H,22,24)/t16-/m0/s1. The number of hydrogen-bond donors (Lipinski definition) is 1. The van der Waals surface area contributed by atoms with Gasteiger partial charge >= 0.3 is 0 Å². The SMILES string of the molecule is CCC[C@H](C)NC(=O)CN(c1ccc(OC)c(OC)c1)S(=O)(=O)c1ccccc1. The first-order valence-corrected chi connectivity index (χ1v) is 10.9. The molecule has 0 aliphatic heterocycles. The van der Waals surface area contributed by atoms with Crippen LogP contribution < -0.4 is 19.1 Å². The van der Waals surface area contributed by atoms with Gasteiger partial charge in [0.25, 0.3) is 10.0 Å². The van der Waals surface area contributed by atoms with E-state index in [4.69, 9.17) is 9.47 Å². The second kappa shape index (κ2) is 10.2. The van der Waals surface area contributed by atoms with Gasteiger partial charge in [-0.3, -0.25) is 9.10 Å². The highest BCUT2D eigenvalue weighted by Crippen LogP contribution is 2.33. The Kier molecular flexibility index (Phi) is 7.90. The third-order valence-electron chi connectivity index (χ3n) is 4.40. The van der Waals surface area contributed by atoms with Crippen LogP contribution in [0.4, 0.5) is 5.69 Å². The van der Waals surface area contributed by atoms with Crippen molar-refractivity contribution >= 4 is 21.6 Å². The number of sulfonamides is 1. The van der Waals surface area contributed by atoms with Gasteiger partial charge in [-0.15, -0.1) is 0 Å². The second-order valence-corrected chi connectivity index (χ2v) is 8.48. The Labute approximate surface area is 172 Å². The quantitative estimate of drug-likeness (QED) is 0.638. The summed E-state index contributed by atoms with van der Waals surface area (Å²) >= 11 is 0. The number of benzene rings is 2. The summed E-state index contributed by atoms with van der Waals surface area (Å²) in [5.41, 5.74) is 0.310. The van der Waals surface area contributed by atoms with E-state index in [0.717, 1.165) is 17.1 Å². The summed E-state index contributed by atoms with van der Waals surface area (Å²) in [4.78, 5) is 12.7. The van der Waals surface area contributed by atoms with Crippen LogP contribution in [-0.4, -0.2) is 41.1 Å². The van der Waals surface area contributed by atoms with E-state index in [1.807, 2.05) is 13.8 Å². The summed E-state index contributed by atoms with van der Waals surface area (Å²) in [6, 6.07) is 12.7. The molecule has 1 atom stereocenters. The molecule has 158 valence electrons. The highest BCUT2D eigenvalue weighted by Gasteiger charge is 2.28. The van der Waals surface area contributed by atoms with E-state index in [1.165, 1.54) is 26.4 Å². The van der Waals surface area contributed by atoms with Crippen LogP contribution in [0.5, 0.6) is 11.5 Å². The molecule has 0 fully saturated rings. The van der Waals surface area contributed by atoms with Crippen molar-refractivity contribution in [1.29, 1.82) is 0 Å². The highest BCUT2D eigenvalue weighted by atomic mass is 32.2. The van der Waals surface area contributed by atoms with Crippen molar-refractivity contribution in [2.75, 3.05) is 25.1 Å². The normalized spacial score (nSPS) is 12.1. The van der Waals surface area contributed by atoms with E-state index in [9.17, 15) is 13.2 Å². The number of hydrogen-bond acceptors (Lipinski definition) is 5. The van der Waals surface area contributed by atoms with E-state index in [-0.39, 0.29) is 23.4 Å². The van der Waals surface area contributed by atoms with Gasteiger partial charge in [-0.1, -0.05) is 31.5 Å². The lowest BCUT2D eigenvalue weighted by Gasteiger charge is -2.25. The third-order valence-corrected chi connectivity index (χ3v) is 6.19. The minimum atomic E-state index is -3.97. The minimum absolute atomic E-state index is 0.0424. The fourth-order valence-electron chi connectivity index (χ4n) is 2.97. The maximum Gasteiger partial charge on any atom is 0.264 e. The average Bonchev–Trinajstić information content (AvgIpc) is 2.72. The van der Waals surface area contributed by atoms with Crippen LogP contribution in [0.3, 0.4) is 0 Å². The molecule has 0 radical (unpaired) electrons. The van der Waals surface area contributed by atoms with Crippen molar-refractivity contribution in [2.24, 2.45) is 0 Å². The number of carbonyl (C=O) groups is 1. The van der Waals surface area contributed by atoms with Gasteiger partial charge < -0.3 is 14.8 Å². The van der Waals surface area contributed by atoms with Gasteiger partial charge in [0, 0.05) is 12.1 Å². The maximum atomic E-state index is 13.3. The molecule has 0 saturated heterocycles. The van der Waals surface area contributed by atoms with Gasteiger partial charge in [-0.2, -0.15) is 0 Å². The fourth-order valence-corrected chi connectivity index (χ4v) is 4.40. The van der Waals surface area contributed by atoms with Gasteiger partial charge in [-0.05, 0) is 37.6 Å². The maximum absolute atomic E-state index is 13.3. The molecule has 8 heteroatoms. The number of ether oxygens (including phenoxy) is 2. The summed E-state index contributed by atoms with van der Waals surface area (Å²) in [6.07, 6.45) is 1.73. The van der Waals surface area contributed by atoms with E-state index in [1.54, 1.807) is 36.4 Å². The number of methoxy groups -OCH3 is 2. The Bertz CT molecular complexity index is 916. The van der Waals surface area contributed by atoms with Crippen LogP contribution in [0, 0.1) is 0 Å². The van der Waals surface area contributed by atoms with Crippen LogP contribution in [0.25, 0.3) is 0 Å². The Hall–Kier alpha value is -2.74. The molecule has 0 bridgehead atoms. The number of anilines is 1. The smallest absolute Gasteiger partial charge is 0.264 e. The lowest BCUT2D eigenvalue weighted by Crippen LogP contribution is -2.43. The topological polar surface area (TPSA) is 84.9 Å². The van der Waals surface area contributed by atoms with Crippen molar-refractivity contribution in [1.82, 2.24) is 5.32 Å². The molecule has 2 aromatic carbocycles. The molecule has 0 aromatic heterocycles. The first-order chi connectivity index (χ1) is 13.8. The van der Waals surface area contributed by atoms with Crippen molar-refractivity contribution in [3.05, 3.63) is 48.5 Å². The largest absolute Gasteiger partial charge is 0.493 e. The molecule has 0 heterocycles. The molecule has 2 rings (SSSR count). The molecular weight excluding hydrogens is 392 g/mol. The van der Waals surface area contributed by atoms with Crippen LogP contribution in [0.1, 0.15) is 26.7 Å². The summed E-state index contributed by atoms with van der Waals surface area (Å²) < 4.78 is 38.2. The molecule has 1 amide bonds. The zero-order chi connectivity index (χ0) is 21.4. The van der Waals surface area contributed by atoms with E-state index >= 15 is 0 Å². The van der Waals surface area contributed by atoms with Crippen molar-refractivity contribution in [3.63, 3.8) is 0 Å². The van der Waals surface area contributed by atoms with Gasteiger partial charge in [0.1, 0.15) is 6.54 Å². The molecular formula is C21H28N2O5S.